The number of benzene rings is 1. The SMILES string of the molecule is CCCCNC(=NCc1ccccc1NS(C)(=O)=O)NCC. The van der Waals surface area contributed by atoms with Crippen LogP contribution in [0.2, 0.25) is 0 Å². The molecule has 0 aromatic heterocycles. The fourth-order valence-electron chi connectivity index (χ4n) is 1.85. The topological polar surface area (TPSA) is 82.6 Å². The van der Waals surface area contributed by atoms with Gasteiger partial charge in [0.2, 0.25) is 10.0 Å². The summed E-state index contributed by atoms with van der Waals surface area (Å²) in [4.78, 5) is 4.51. The Labute approximate surface area is 133 Å². The molecule has 0 radical (unpaired) electrons. The first-order valence-corrected chi connectivity index (χ1v) is 9.43. The fourth-order valence-corrected chi connectivity index (χ4v) is 2.45. The number of sulfonamides is 1. The number of para-hydroxylation sites is 1. The van der Waals surface area contributed by atoms with Crippen molar-refractivity contribution in [3.63, 3.8) is 0 Å². The van der Waals surface area contributed by atoms with E-state index in [0.29, 0.717) is 12.2 Å². The zero-order valence-electron chi connectivity index (χ0n) is 13.5. The summed E-state index contributed by atoms with van der Waals surface area (Å²) in [5, 5.41) is 6.44. The van der Waals surface area contributed by atoms with Gasteiger partial charge in [-0.05, 0) is 25.0 Å². The number of nitrogens with zero attached hydrogens (tertiary/aromatic N) is 1. The van der Waals surface area contributed by atoms with Gasteiger partial charge < -0.3 is 10.6 Å². The lowest BCUT2D eigenvalue weighted by atomic mass is 10.2. The lowest BCUT2D eigenvalue weighted by molar-refractivity contribution is 0.606. The Morgan fingerprint density at radius 2 is 1.91 bits per heavy atom. The molecule has 0 heterocycles. The van der Waals surface area contributed by atoms with Gasteiger partial charge in [-0.2, -0.15) is 0 Å². The van der Waals surface area contributed by atoms with E-state index in [2.05, 4.69) is 27.3 Å². The molecule has 0 atom stereocenters. The quantitative estimate of drug-likeness (QED) is 0.387. The largest absolute Gasteiger partial charge is 0.357 e. The molecular weight excluding hydrogens is 300 g/mol. The summed E-state index contributed by atoms with van der Waals surface area (Å²) >= 11 is 0. The summed E-state index contributed by atoms with van der Waals surface area (Å²) in [5.41, 5.74) is 1.40. The second kappa shape index (κ2) is 9.30. The Morgan fingerprint density at radius 3 is 2.55 bits per heavy atom. The van der Waals surface area contributed by atoms with E-state index in [1.54, 1.807) is 12.1 Å². The summed E-state index contributed by atoms with van der Waals surface area (Å²) < 4.78 is 25.3. The smallest absolute Gasteiger partial charge is 0.229 e. The fraction of sp³-hybridized carbons (Fsp3) is 0.533. The van der Waals surface area contributed by atoms with Gasteiger partial charge in [0.15, 0.2) is 5.96 Å². The third-order valence-corrected chi connectivity index (χ3v) is 3.48. The summed E-state index contributed by atoms with van der Waals surface area (Å²) in [6.07, 6.45) is 3.34. The minimum Gasteiger partial charge on any atom is -0.357 e. The number of hydrogen-bond acceptors (Lipinski definition) is 3. The third kappa shape index (κ3) is 7.31. The lowest BCUT2D eigenvalue weighted by Gasteiger charge is -2.12. The molecule has 1 rings (SSSR count). The monoisotopic (exact) mass is 326 g/mol. The van der Waals surface area contributed by atoms with Gasteiger partial charge in [0, 0.05) is 13.1 Å². The Bertz CT molecular complexity index is 585. The summed E-state index contributed by atoms with van der Waals surface area (Å²) in [6.45, 7) is 6.20. The molecule has 22 heavy (non-hydrogen) atoms. The molecule has 0 aliphatic heterocycles. The van der Waals surface area contributed by atoms with Crippen molar-refractivity contribution in [2.75, 3.05) is 24.1 Å². The highest BCUT2D eigenvalue weighted by Gasteiger charge is 2.06. The van der Waals surface area contributed by atoms with E-state index in [4.69, 9.17) is 0 Å². The normalized spacial score (nSPS) is 12.0. The van der Waals surface area contributed by atoms with Gasteiger partial charge in [-0.1, -0.05) is 31.5 Å². The summed E-state index contributed by atoms with van der Waals surface area (Å²) in [6, 6.07) is 7.27. The van der Waals surface area contributed by atoms with E-state index in [0.717, 1.165) is 43.7 Å². The van der Waals surface area contributed by atoms with Gasteiger partial charge >= 0.3 is 0 Å². The van der Waals surface area contributed by atoms with Crippen molar-refractivity contribution < 1.29 is 8.42 Å². The molecule has 124 valence electrons. The molecule has 0 unspecified atom stereocenters. The molecule has 0 saturated heterocycles. The predicted molar refractivity (Wildman–Crippen MR) is 92.6 cm³/mol. The Balaban J connectivity index is 2.80. The average molecular weight is 326 g/mol. The molecular formula is C15H26N4O2S. The molecule has 0 fully saturated rings. The molecule has 0 aliphatic rings. The van der Waals surface area contributed by atoms with Crippen molar-refractivity contribution in [2.45, 2.75) is 33.2 Å². The van der Waals surface area contributed by atoms with Crippen molar-refractivity contribution in [1.29, 1.82) is 0 Å². The Morgan fingerprint density at radius 1 is 1.18 bits per heavy atom. The molecule has 0 saturated carbocycles. The molecule has 0 aliphatic carbocycles. The van der Waals surface area contributed by atoms with Crippen LogP contribution < -0.4 is 15.4 Å². The average Bonchev–Trinajstić information content (AvgIpc) is 2.44. The number of anilines is 1. The maximum absolute atomic E-state index is 11.4. The number of hydrogen-bond donors (Lipinski definition) is 3. The maximum Gasteiger partial charge on any atom is 0.229 e. The van der Waals surface area contributed by atoms with Crippen LogP contribution in [-0.2, 0) is 16.6 Å². The molecule has 6 nitrogen and oxygen atoms in total. The lowest BCUT2D eigenvalue weighted by Crippen LogP contribution is -2.37. The first-order chi connectivity index (χ1) is 10.5. The highest BCUT2D eigenvalue weighted by molar-refractivity contribution is 7.92. The number of unbranched alkanes of at least 4 members (excludes halogenated alkanes) is 1. The van der Waals surface area contributed by atoms with Crippen LogP contribution in [0.3, 0.4) is 0 Å². The van der Waals surface area contributed by atoms with E-state index in [-0.39, 0.29) is 0 Å². The molecule has 3 N–H and O–H groups in total. The van der Waals surface area contributed by atoms with Crippen LogP contribution in [0.4, 0.5) is 5.69 Å². The van der Waals surface area contributed by atoms with Crippen molar-refractivity contribution >= 4 is 21.7 Å². The molecule has 0 bridgehead atoms. The van der Waals surface area contributed by atoms with Crippen molar-refractivity contribution in [3.05, 3.63) is 29.8 Å². The van der Waals surface area contributed by atoms with Crippen LogP contribution in [0.5, 0.6) is 0 Å². The van der Waals surface area contributed by atoms with Crippen LogP contribution in [0, 0.1) is 0 Å². The highest BCUT2D eigenvalue weighted by atomic mass is 32.2. The zero-order valence-corrected chi connectivity index (χ0v) is 14.3. The number of nitrogens with one attached hydrogen (secondary N) is 3. The molecule has 7 heteroatoms. The van der Waals surface area contributed by atoms with E-state index >= 15 is 0 Å². The van der Waals surface area contributed by atoms with Gasteiger partial charge in [0.05, 0.1) is 18.5 Å². The van der Waals surface area contributed by atoms with E-state index in [1.807, 2.05) is 19.1 Å². The second-order valence-corrected chi connectivity index (χ2v) is 6.76. The van der Waals surface area contributed by atoms with E-state index < -0.39 is 10.0 Å². The minimum absolute atomic E-state index is 0.403. The Hall–Kier alpha value is -1.76. The van der Waals surface area contributed by atoms with Gasteiger partial charge in [0.25, 0.3) is 0 Å². The third-order valence-electron chi connectivity index (χ3n) is 2.89. The summed E-state index contributed by atoms with van der Waals surface area (Å²) in [5.74, 6) is 0.741. The second-order valence-electron chi connectivity index (χ2n) is 5.01. The van der Waals surface area contributed by atoms with Crippen LogP contribution in [0.15, 0.2) is 29.3 Å². The van der Waals surface area contributed by atoms with Crippen LogP contribution in [-0.4, -0.2) is 33.7 Å². The minimum atomic E-state index is -3.30. The molecule has 0 spiro atoms. The standard InChI is InChI=1S/C15H26N4O2S/c1-4-6-11-17-15(16-5-2)18-12-13-9-7-8-10-14(13)19-22(3,20)21/h7-10,19H,4-6,11-12H2,1-3H3,(H2,16,17,18). The molecule has 1 aromatic rings. The van der Waals surface area contributed by atoms with Crippen LogP contribution in [0.25, 0.3) is 0 Å². The number of guanidine groups is 1. The van der Waals surface area contributed by atoms with Gasteiger partial charge in [-0.15, -0.1) is 0 Å². The van der Waals surface area contributed by atoms with E-state index in [1.165, 1.54) is 0 Å². The highest BCUT2D eigenvalue weighted by Crippen LogP contribution is 2.17. The number of aliphatic imine (C=N–C) groups is 1. The predicted octanol–water partition coefficient (Wildman–Crippen LogP) is 1.91. The molecule has 0 amide bonds. The van der Waals surface area contributed by atoms with Crippen molar-refractivity contribution in [1.82, 2.24) is 10.6 Å². The first-order valence-electron chi connectivity index (χ1n) is 7.54. The summed E-state index contributed by atoms with van der Waals surface area (Å²) in [7, 11) is -3.30. The van der Waals surface area contributed by atoms with Gasteiger partial charge in [0.1, 0.15) is 0 Å². The Kier molecular flexibility index (Phi) is 7.73. The van der Waals surface area contributed by atoms with Crippen LogP contribution in [0.1, 0.15) is 32.3 Å². The maximum atomic E-state index is 11.4. The first kappa shape index (κ1) is 18.3. The van der Waals surface area contributed by atoms with Gasteiger partial charge in [-0.25, -0.2) is 13.4 Å². The van der Waals surface area contributed by atoms with E-state index in [9.17, 15) is 8.42 Å². The van der Waals surface area contributed by atoms with Crippen molar-refractivity contribution in [3.8, 4) is 0 Å². The number of rotatable bonds is 8. The van der Waals surface area contributed by atoms with Gasteiger partial charge in [-0.3, -0.25) is 4.72 Å². The van der Waals surface area contributed by atoms with Crippen molar-refractivity contribution in [2.24, 2.45) is 4.99 Å². The van der Waals surface area contributed by atoms with Crippen LogP contribution >= 0.6 is 0 Å². The zero-order chi connectivity index (χ0) is 16.4. The molecule has 1 aromatic carbocycles.